The molecule has 0 aromatic carbocycles. The molecule has 0 spiro atoms. The first-order valence-corrected chi connectivity index (χ1v) is 0. The van der Waals surface area contributed by atoms with Crippen LogP contribution < -0.4 is 0 Å². The van der Waals surface area contributed by atoms with Gasteiger partial charge in [-0.2, -0.15) is 0 Å². The van der Waals surface area contributed by atoms with Gasteiger partial charge in [-0.25, -0.2) is 0 Å². The first kappa shape index (κ1) is 40.9. The van der Waals surface area contributed by atoms with Gasteiger partial charge in [0, 0.05) is 64.8 Å². The molecular weight excluding hydrogens is 167 g/mol. The Morgan fingerprint density at radius 3 is 1.00 bits per heavy atom. The summed E-state index contributed by atoms with van der Waals surface area (Å²) in [6, 6.07) is 0. The number of hydrogen-bond acceptors (Lipinski definition) is 0. The molecule has 21 valence electrons. The molecule has 0 saturated carbocycles. The van der Waals surface area contributed by atoms with E-state index in [4.69, 9.17) is 0 Å². The van der Waals surface area contributed by atoms with E-state index >= 15 is 0 Å². The van der Waals surface area contributed by atoms with Crippen molar-refractivity contribution in [2.45, 2.75) is 0 Å². The van der Waals surface area contributed by atoms with Gasteiger partial charge in [0.05, 0.1) is 0 Å². The van der Waals surface area contributed by atoms with Gasteiger partial charge in [0.15, 0.2) is 0 Å². The Kier molecular flexibility index (Phi) is 217. The van der Waals surface area contributed by atoms with Crippen LogP contribution in [0.25, 0.3) is 0 Å². The van der Waals surface area contributed by atoms with E-state index in [0.29, 0.717) is 0 Å². The summed E-state index contributed by atoms with van der Waals surface area (Å²) >= 11 is 0. The Morgan fingerprint density at radius 2 is 1.00 bits per heavy atom. The van der Waals surface area contributed by atoms with E-state index in [0.717, 1.165) is 0 Å². The molecule has 0 amide bonds. The zero-order chi connectivity index (χ0) is 0. The number of rotatable bonds is 0. The van der Waals surface area contributed by atoms with Crippen molar-refractivity contribution >= 4 is 0 Å². The van der Waals surface area contributed by atoms with Crippen LogP contribution in [0.15, 0.2) is 0 Å². The molecular formula is CFeTiV. The predicted molar refractivity (Wildman–Crippen MR) is 3.24 cm³/mol. The van der Waals surface area contributed by atoms with E-state index in [1.165, 1.54) is 0 Å². The Balaban J connectivity index is 0. The normalized spacial score (nSPS) is 0. The van der Waals surface area contributed by atoms with Crippen molar-refractivity contribution in [1.82, 2.24) is 0 Å². The largest absolute Gasteiger partial charge is 0 e. The summed E-state index contributed by atoms with van der Waals surface area (Å²) in [6.07, 6.45) is 0. The van der Waals surface area contributed by atoms with Crippen LogP contribution in [0, 0.1) is 7.43 Å². The molecule has 0 N–H and O–H groups in total. The van der Waals surface area contributed by atoms with Gasteiger partial charge in [0.1, 0.15) is 0 Å². The van der Waals surface area contributed by atoms with Crippen LogP contribution in [-0.4, -0.2) is 0 Å². The summed E-state index contributed by atoms with van der Waals surface area (Å²) in [7, 11) is 0. The van der Waals surface area contributed by atoms with Gasteiger partial charge in [-0.3, -0.25) is 0 Å². The molecule has 0 nitrogen and oxygen atoms in total. The summed E-state index contributed by atoms with van der Waals surface area (Å²) < 4.78 is 0. The van der Waals surface area contributed by atoms with E-state index in [1.807, 2.05) is 0 Å². The Labute approximate surface area is 64.3 Å². The van der Waals surface area contributed by atoms with Gasteiger partial charge < -0.3 is 0 Å². The summed E-state index contributed by atoms with van der Waals surface area (Å²) in [4.78, 5) is 0. The molecule has 4 heavy (non-hydrogen) atoms. The molecule has 0 aliphatic rings. The maximum absolute atomic E-state index is 0. The Hall–Kier alpha value is 1.82. The van der Waals surface area contributed by atoms with Crippen LogP contribution in [0.4, 0.5) is 0 Å². The maximum atomic E-state index is 0. The van der Waals surface area contributed by atoms with Crippen LogP contribution in [-0.2, 0) is 57.3 Å². The predicted octanol–water partition coefficient (Wildman–Crippen LogP) is 0.0738. The minimum absolute atomic E-state index is 0. The van der Waals surface area contributed by atoms with Gasteiger partial charge in [0.2, 0.25) is 0 Å². The van der Waals surface area contributed by atoms with Crippen LogP contribution in [0.1, 0.15) is 0 Å². The van der Waals surface area contributed by atoms with Crippen molar-refractivity contribution in [3.8, 4) is 0 Å². The second-order valence-corrected chi connectivity index (χ2v) is 0. The average molecular weight is 167 g/mol. The third-order valence-corrected chi connectivity index (χ3v) is 0. The fraction of sp³-hybridized carbons (Fsp3) is 0. The van der Waals surface area contributed by atoms with E-state index in [-0.39, 0.29) is 64.8 Å². The van der Waals surface area contributed by atoms with E-state index in [9.17, 15) is 0 Å². The van der Waals surface area contributed by atoms with Crippen molar-refractivity contribution in [3.05, 3.63) is 7.43 Å². The van der Waals surface area contributed by atoms with Gasteiger partial charge >= 0.3 is 0 Å². The smallest absolute Gasteiger partial charge is 0 e. The third-order valence-electron chi connectivity index (χ3n) is 0. The molecule has 0 fully saturated rings. The Bertz CT molecular complexity index is 8.00. The molecule has 0 aromatic heterocycles. The summed E-state index contributed by atoms with van der Waals surface area (Å²) in [5.74, 6) is 0. The SMILES string of the molecule is [C].[Fe].[Ti].[V]. The molecule has 0 heterocycles. The van der Waals surface area contributed by atoms with Crippen molar-refractivity contribution in [2.75, 3.05) is 0 Å². The minimum Gasteiger partial charge on any atom is 0 e. The number of hydrogen-bond donors (Lipinski definition) is 0. The fourth-order valence-electron chi connectivity index (χ4n) is 0. The standard InChI is InChI=1S/C.Fe.Ti.V. The average Bonchev–Trinajstić information content (AvgIpc) is 0. The van der Waals surface area contributed by atoms with E-state index in [1.54, 1.807) is 0 Å². The van der Waals surface area contributed by atoms with Gasteiger partial charge in [-0.1, -0.05) is 0 Å². The van der Waals surface area contributed by atoms with Crippen LogP contribution in [0.2, 0.25) is 0 Å². The molecule has 0 aromatic rings. The molecule has 0 rings (SSSR count). The van der Waals surface area contributed by atoms with Crippen molar-refractivity contribution < 1.29 is 57.3 Å². The zero-order valence-electron chi connectivity index (χ0n) is 1.80. The third kappa shape index (κ3) is 9.17. The first-order valence-electron chi connectivity index (χ1n) is 0. The monoisotopic (exact) mass is 167 g/mol. The van der Waals surface area contributed by atoms with E-state index < -0.39 is 0 Å². The van der Waals surface area contributed by atoms with Crippen molar-refractivity contribution in [2.24, 2.45) is 0 Å². The van der Waals surface area contributed by atoms with Crippen molar-refractivity contribution in [1.29, 1.82) is 0 Å². The quantitative estimate of drug-likeness (QED) is 0.447. The molecule has 0 aliphatic carbocycles. The van der Waals surface area contributed by atoms with Gasteiger partial charge in [-0.15, -0.1) is 0 Å². The molecule has 0 bridgehead atoms. The molecule has 0 unspecified atom stereocenters. The molecule has 3 heteroatoms. The summed E-state index contributed by atoms with van der Waals surface area (Å²) in [5.41, 5.74) is 0. The summed E-state index contributed by atoms with van der Waals surface area (Å²) in [5, 5.41) is 0. The van der Waals surface area contributed by atoms with Gasteiger partial charge in [-0.05, 0) is 0 Å². The van der Waals surface area contributed by atoms with Crippen molar-refractivity contribution in [3.63, 3.8) is 0 Å². The van der Waals surface area contributed by atoms with Crippen LogP contribution in [0.3, 0.4) is 0 Å². The van der Waals surface area contributed by atoms with Crippen LogP contribution >= 0.6 is 0 Å². The summed E-state index contributed by atoms with van der Waals surface area (Å²) in [6.45, 7) is 0. The molecule has 0 aliphatic heterocycles. The molecule has 5 radical (unpaired) electrons. The fourth-order valence-corrected chi connectivity index (χ4v) is 0. The second kappa shape index (κ2) is 21.2. The molecule has 0 atom stereocenters. The maximum Gasteiger partial charge on any atom is 0 e. The first-order chi connectivity index (χ1) is 0. The topological polar surface area (TPSA) is 0 Å². The van der Waals surface area contributed by atoms with Crippen LogP contribution in [0.5, 0.6) is 0 Å². The Morgan fingerprint density at radius 1 is 1.00 bits per heavy atom. The zero-order valence-corrected chi connectivity index (χ0v) is 5.86. The van der Waals surface area contributed by atoms with Gasteiger partial charge in [0.25, 0.3) is 0 Å². The second-order valence-electron chi connectivity index (χ2n) is 0. The molecule has 0 saturated heterocycles. The minimum atomic E-state index is 0. The van der Waals surface area contributed by atoms with E-state index in [2.05, 4.69) is 0 Å².